The van der Waals surface area contributed by atoms with Crippen LogP contribution in [0.3, 0.4) is 0 Å². The molecule has 13 heavy (non-hydrogen) atoms. The van der Waals surface area contributed by atoms with Crippen molar-refractivity contribution in [1.82, 2.24) is 15.0 Å². The van der Waals surface area contributed by atoms with Crippen LogP contribution in [0.15, 0.2) is 25.0 Å². The van der Waals surface area contributed by atoms with E-state index in [1.54, 1.807) is 6.20 Å². The molecule has 1 unspecified atom stereocenters. The van der Waals surface area contributed by atoms with Crippen molar-refractivity contribution < 1.29 is 0 Å². The van der Waals surface area contributed by atoms with Crippen molar-refractivity contribution in [3.63, 3.8) is 0 Å². The Bertz CT molecular complexity index is 266. The predicted octanol–water partition coefficient (Wildman–Crippen LogP) is 0.891. The van der Waals surface area contributed by atoms with Crippen molar-refractivity contribution in [3.8, 4) is 0 Å². The van der Waals surface area contributed by atoms with Gasteiger partial charge in [-0.15, -0.1) is 6.58 Å². The van der Waals surface area contributed by atoms with Gasteiger partial charge in [0.2, 0.25) is 0 Å². The molecular formula is C9H16N4. The van der Waals surface area contributed by atoms with E-state index in [2.05, 4.69) is 17.0 Å². The highest BCUT2D eigenvalue weighted by Crippen LogP contribution is 2.14. The lowest BCUT2D eigenvalue weighted by atomic mass is 10.1. The van der Waals surface area contributed by atoms with Crippen LogP contribution >= 0.6 is 0 Å². The van der Waals surface area contributed by atoms with Gasteiger partial charge in [-0.05, 0) is 12.8 Å². The molecule has 0 saturated carbocycles. The minimum absolute atomic E-state index is 0.109. The van der Waals surface area contributed by atoms with Gasteiger partial charge in [-0.25, -0.2) is 10.4 Å². The molecule has 1 heterocycles. The van der Waals surface area contributed by atoms with Crippen molar-refractivity contribution in [3.05, 3.63) is 30.9 Å². The van der Waals surface area contributed by atoms with E-state index in [1.807, 2.05) is 23.9 Å². The van der Waals surface area contributed by atoms with Crippen LogP contribution in [-0.4, -0.2) is 9.55 Å². The number of nitrogens with zero attached hydrogens (tertiary/aromatic N) is 2. The zero-order valence-electron chi connectivity index (χ0n) is 7.90. The fraction of sp³-hybridized carbons (Fsp3) is 0.444. The van der Waals surface area contributed by atoms with Crippen molar-refractivity contribution in [2.45, 2.75) is 18.9 Å². The Hall–Kier alpha value is -1.13. The first-order valence-corrected chi connectivity index (χ1v) is 4.33. The molecule has 0 saturated heterocycles. The standard InChI is InChI=1S/C9H16N4/c1-3-4-5-8(12-10)9-11-6-7-13(9)2/h3,6-8,12H,1,4-5,10H2,2H3. The van der Waals surface area contributed by atoms with Gasteiger partial charge in [0, 0.05) is 19.4 Å². The summed E-state index contributed by atoms with van der Waals surface area (Å²) >= 11 is 0. The molecule has 1 rings (SSSR count). The number of aryl methyl sites for hydroxylation is 1. The van der Waals surface area contributed by atoms with Crippen LogP contribution in [0.25, 0.3) is 0 Å². The van der Waals surface area contributed by atoms with Crippen LogP contribution in [0.1, 0.15) is 24.7 Å². The second kappa shape index (κ2) is 4.79. The molecule has 0 fully saturated rings. The van der Waals surface area contributed by atoms with Crippen LogP contribution in [-0.2, 0) is 7.05 Å². The smallest absolute Gasteiger partial charge is 0.126 e. The molecule has 72 valence electrons. The highest BCUT2D eigenvalue weighted by Gasteiger charge is 2.12. The number of hydrazine groups is 1. The van der Waals surface area contributed by atoms with Crippen molar-refractivity contribution in [2.24, 2.45) is 12.9 Å². The number of nitrogens with one attached hydrogen (secondary N) is 1. The molecule has 1 aromatic rings. The Labute approximate surface area is 78.4 Å². The summed E-state index contributed by atoms with van der Waals surface area (Å²) in [6.07, 6.45) is 7.42. The first kappa shape index (κ1) is 9.95. The number of aromatic nitrogens is 2. The fourth-order valence-electron chi connectivity index (χ4n) is 1.28. The van der Waals surface area contributed by atoms with Crippen LogP contribution in [0.4, 0.5) is 0 Å². The van der Waals surface area contributed by atoms with E-state index >= 15 is 0 Å². The highest BCUT2D eigenvalue weighted by molar-refractivity contribution is 4.98. The maximum absolute atomic E-state index is 5.44. The lowest BCUT2D eigenvalue weighted by molar-refractivity contribution is 0.481. The second-order valence-corrected chi connectivity index (χ2v) is 2.98. The van der Waals surface area contributed by atoms with Gasteiger partial charge >= 0.3 is 0 Å². The predicted molar refractivity (Wildman–Crippen MR) is 52.7 cm³/mol. The Morgan fingerprint density at radius 3 is 3.08 bits per heavy atom. The van der Waals surface area contributed by atoms with Crippen LogP contribution in [0.2, 0.25) is 0 Å². The summed E-state index contributed by atoms with van der Waals surface area (Å²) in [5.41, 5.74) is 2.75. The number of rotatable bonds is 5. The lowest BCUT2D eigenvalue weighted by Gasteiger charge is -2.14. The van der Waals surface area contributed by atoms with Crippen molar-refractivity contribution in [1.29, 1.82) is 0 Å². The van der Waals surface area contributed by atoms with E-state index in [0.717, 1.165) is 18.7 Å². The molecule has 0 spiro atoms. The quantitative estimate of drug-likeness (QED) is 0.402. The summed E-state index contributed by atoms with van der Waals surface area (Å²) in [6, 6.07) is 0.109. The zero-order valence-corrected chi connectivity index (χ0v) is 7.90. The van der Waals surface area contributed by atoms with E-state index in [0.29, 0.717) is 0 Å². The van der Waals surface area contributed by atoms with Gasteiger partial charge in [0.25, 0.3) is 0 Å². The second-order valence-electron chi connectivity index (χ2n) is 2.98. The summed E-state index contributed by atoms with van der Waals surface area (Å²) in [6.45, 7) is 3.67. The Kier molecular flexibility index (Phi) is 3.67. The van der Waals surface area contributed by atoms with Gasteiger partial charge in [-0.1, -0.05) is 6.08 Å². The Morgan fingerprint density at radius 2 is 2.62 bits per heavy atom. The molecule has 0 aliphatic heterocycles. The average molecular weight is 180 g/mol. The average Bonchev–Trinajstić information content (AvgIpc) is 2.54. The third-order valence-electron chi connectivity index (χ3n) is 2.03. The molecular weight excluding hydrogens is 164 g/mol. The first-order chi connectivity index (χ1) is 6.29. The molecule has 0 aliphatic carbocycles. The SMILES string of the molecule is C=CCCC(NN)c1nccn1C. The molecule has 0 radical (unpaired) electrons. The topological polar surface area (TPSA) is 55.9 Å². The highest BCUT2D eigenvalue weighted by atomic mass is 15.3. The normalized spacial score (nSPS) is 12.8. The molecule has 1 atom stereocenters. The maximum Gasteiger partial charge on any atom is 0.126 e. The number of imidazole rings is 1. The van der Waals surface area contributed by atoms with E-state index in [-0.39, 0.29) is 6.04 Å². The van der Waals surface area contributed by atoms with Gasteiger partial charge in [0.05, 0.1) is 6.04 Å². The van der Waals surface area contributed by atoms with E-state index in [4.69, 9.17) is 5.84 Å². The number of hydrogen-bond donors (Lipinski definition) is 2. The van der Waals surface area contributed by atoms with Crippen molar-refractivity contribution >= 4 is 0 Å². The molecule has 0 aliphatic rings. The number of allylic oxidation sites excluding steroid dienone is 1. The van der Waals surface area contributed by atoms with Gasteiger partial charge in [0.1, 0.15) is 5.82 Å². The largest absolute Gasteiger partial charge is 0.337 e. The lowest BCUT2D eigenvalue weighted by Crippen LogP contribution is -2.29. The summed E-state index contributed by atoms with van der Waals surface area (Å²) in [5, 5.41) is 0. The molecule has 4 heteroatoms. The van der Waals surface area contributed by atoms with E-state index in [1.165, 1.54) is 0 Å². The van der Waals surface area contributed by atoms with Gasteiger partial charge < -0.3 is 4.57 Å². The molecule has 4 nitrogen and oxygen atoms in total. The minimum Gasteiger partial charge on any atom is -0.337 e. The zero-order chi connectivity index (χ0) is 9.68. The monoisotopic (exact) mass is 180 g/mol. The summed E-state index contributed by atoms with van der Waals surface area (Å²) in [7, 11) is 1.96. The number of hydrogen-bond acceptors (Lipinski definition) is 3. The molecule has 0 aromatic carbocycles. The molecule has 0 bridgehead atoms. The Balaban J connectivity index is 2.66. The summed E-state index contributed by atoms with van der Waals surface area (Å²) in [4.78, 5) is 4.23. The number of nitrogens with two attached hydrogens (primary N) is 1. The first-order valence-electron chi connectivity index (χ1n) is 4.33. The van der Waals surface area contributed by atoms with Crippen LogP contribution in [0, 0.1) is 0 Å². The van der Waals surface area contributed by atoms with Gasteiger partial charge in [-0.3, -0.25) is 5.84 Å². The van der Waals surface area contributed by atoms with Crippen LogP contribution in [0.5, 0.6) is 0 Å². The summed E-state index contributed by atoms with van der Waals surface area (Å²) < 4.78 is 1.97. The van der Waals surface area contributed by atoms with E-state index in [9.17, 15) is 0 Å². The molecule has 0 amide bonds. The third-order valence-corrected chi connectivity index (χ3v) is 2.03. The van der Waals surface area contributed by atoms with Crippen molar-refractivity contribution in [2.75, 3.05) is 0 Å². The Morgan fingerprint density at radius 1 is 1.85 bits per heavy atom. The third kappa shape index (κ3) is 2.40. The minimum atomic E-state index is 0.109. The molecule has 1 aromatic heterocycles. The van der Waals surface area contributed by atoms with Gasteiger partial charge in [0.15, 0.2) is 0 Å². The van der Waals surface area contributed by atoms with Crippen LogP contribution < -0.4 is 11.3 Å². The summed E-state index contributed by atoms with van der Waals surface area (Å²) in [5.74, 6) is 6.40. The van der Waals surface area contributed by atoms with E-state index < -0.39 is 0 Å². The maximum atomic E-state index is 5.44. The fourth-order valence-corrected chi connectivity index (χ4v) is 1.28. The van der Waals surface area contributed by atoms with Gasteiger partial charge in [-0.2, -0.15) is 0 Å². The molecule has 3 N–H and O–H groups in total.